The summed E-state index contributed by atoms with van der Waals surface area (Å²) in [6.07, 6.45) is 1.36. The van der Waals surface area contributed by atoms with E-state index in [-0.39, 0.29) is 17.0 Å². The Morgan fingerprint density at radius 1 is 1.43 bits per heavy atom. The van der Waals surface area contributed by atoms with Crippen LogP contribution in [0.1, 0.15) is 30.1 Å². The highest BCUT2D eigenvalue weighted by Crippen LogP contribution is 2.28. The van der Waals surface area contributed by atoms with Crippen LogP contribution in [0, 0.1) is 16.0 Å². The highest BCUT2D eigenvalue weighted by atomic mass is 16.6. The average molecular weight is 292 g/mol. The number of Topliss-reactive ketones (excluding diaryl/α,β-unsaturated/α-hetero) is 1. The summed E-state index contributed by atoms with van der Waals surface area (Å²) in [6.45, 7) is 2.31. The number of hydrogen-bond donors (Lipinski definition) is 1. The number of anilines is 1. The molecule has 0 bridgehead atoms. The first-order chi connectivity index (χ1) is 9.90. The molecular formula is C14H16N2O5. The number of carbonyl (C=O) groups excluding carboxylic acids is 1. The fourth-order valence-corrected chi connectivity index (χ4v) is 2.58. The van der Waals surface area contributed by atoms with Crippen LogP contribution in [0.15, 0.2) is 18.2 Å². The van der Waals surface area contributed by atoms with Crippen LogP contribution >= 0.6 is 0 Å². The highest BCUT2D eigenvalue weighted by Gasteiger charge is 2.27. The minimum Gasteiger partial charge on any atom is -0.481 e. The second kappa shape index (κ2) is 5.90. The molecular weight excluding hydrogens is 276 g/mol. The van der Waals surface area contributed by atoms with Crippen LogP contribution in [0.3, 0.4) is 0 Å². The zero-order chi connectivity index (χ0) is 15.6. The predicted molar refractivity (Wildman–Crippen MR) is 75.7 cm³/mol. The van der Waals surface area contributed by atoms with E-state index in [1.54, 1.807) is 6.07 Å². The summed E-state index contributed by atoms with van der Waals surface area (Å²) < 4.78 is 0. The number of aliphatic carboxylic acids is 1. The Kier molecular flexibility index (Phi) is 4.21. The van der Waals surface area contributed by atoms with Gasteiger partial charge in [-0.15, -0.1) is 0 Å². The van der Waals surface area contributed by atoms with Gasteiger partial charge in [-0.2, -0.15) is 0 Å². The Bertz CT molecular complexity index is 599. The third-order valence-electron chi connectivity index (χ3n) is 3.69. The molecule has 1 saturated heterocycles. The zero-order valence-corrected chi connectivity index (χ0v) is 11.6. The molecule has 112 valence electrons. The minimum atomic E-state index is -0.839. The Morgan fingerprint density at radius 2 is 2.14 bits per heavy atom. The van der Waals surface area contributed by atoms with Crippen LogP contribution in [0.4, 0.5) is 11.4 Å². The third-order valence-corrected chi connectivity index (χ3v) is 3.69. The fourth-order valence-electron chi connectivity index (χ4n) is 2.58. The molecule has 0 aliphatic carbocycles. The van der Waals surface area contributed by atoms with E-state index in [9.17, 15) is 19.7 Å². The number of nitro groups is 1. The molecule has 21 heavy (non-hydrogen) atoms. The van der Waals surface area contributed by atoms with Gasteiger partial charge in [-0.3, -0.25) is 19.7 Å². The van der Waals surface area contributed by atoms with Crippen molar-refractivity contribution in [2.24, 2.45) is 5.92 Å². The van der Waals surface area contributed by atoms with Gasteiger partial charge in [0.15, 0.2) is 5.78 Å². The van der Waals surface area contributed by atoms with Crippen molar-refractivity contribution in [3.8, 4) is 0 Å². The van der Waals surface area contributed by atoms with Crippen molar-refractivity contribution >= 4 is 23.1 Å². The molecule has 0 amide bonds. The summed E-state index contributed by atoms with van der Waals surface area (Å²) in [4.78, 5) is 34.8. The van der Waals surface area contributed by atoms with Crippen molar-refractivity contribution in [1.82, 2.24) is 0 Å². The number of piperidine rings is 1. The molecule has 1 aromatic rings. The Labute approximate surface area is 121 Å². The molecule has 0 spiro atoms. The average Bonchev–Trinajstić information content (AvgIpc) is 2.46. The largest absolute Gasteiger partial charge is 0.481 e. The van der Waals surface area contributed by atoms with Crippen LogP contribution in [0.2, 0.25) is 0 Å². The lowest BCUT2D eigenvalue weighted by atomic mass is 9.97. The molecule has 2 rings (SSSR count). The molecule has 1 heterocycles. The SMILES string of the molecule is CC(=O)c1cc(N2CCCC(C(=O)O)C2)ccc1[N+](=O)[O-]. The first-order valence-corrected chi connectivity index (χ1v) is 6.67. The quantitative estimate of drug-likeness (QED) is 0.518. The van der Waals surface area contributed by atoms with E-state index in [4.69, 9.17) is 5.11 Å². The first-order valence-electron chi connectivity index (χ1n) is 6.67. The number of carboxylic acid groups (broad SMARTS) is 1. The van der Waals surface area contributed by atoms with Gasteiger partial charge in [0.1, 0.15) is 0 Å². The van der Waals surface area contributed by atoms with Gasteiger partial charge < -0.3 is 10.0 Å². The number of nitrogens with zero attached hydrogens (tertiary/aromatic N) is 2. The lowest BCUT2D eigenvalue weighted by Gasteiger charge is -2.32. The van der Waals surface area contributed by atoms with Crippen LogP contribution in [-0.2, 0) is 4.79 Å². The van der Waals surface area contributed by atoms with Gasteiger partial charge in [0.05, 0.1) is 16.4 Å². The number of carboxylic acids is 1. The number of carbonyl (C=O) groups is 2. The van der Waals surface area contributed by atoms with Crippen molar-refractivity contribution in [3.63, 3.8) is 0 Å². The van der Waals surface area contributed by atoms with E-state index in [2.05, 4.69) is 0 Å². The second-order valence-electron chi connectivity index (χ2n) is 5.14. The standard InChI is InChI=1S/C14H16N2O5/c1-9(17)12-7-11(4-5-13(12)16(20)21)15-6-2-3-10(8-15)14(18)19/h4-5,7,10H,2-3,6,8H2,1H3,(H,18,19). The molecule has 1 aliphatic rings. The van der Waals surface area contributed by atoms with Crippen molar-refractivity contribution in [2.45, 2.75) is 19.8 Å². The maximum atomic E-state index is 11.6. The van der Waals surface area contributed by atoms with E-state index in [0.717, 1.165) is 6.42 Å². The second-order valence-corrected chi connectivity index (χ2v) is 5.14. The van der Waals surface area contributed by atoms with Crippen molar-refractivity contribution in [2.75, 3.05) is 18.0 Å². The Hall–Kier alpha value is -2.44. The molecule has 0 radical (unpaired) electrons. The maximum absolute atomic E-state index is 11.6. The molecule has 1 fully saturated rings. The molecule has 1 aromatic carbocycles. The van der Waals surface area contributed by atoms with Crippen LogP contribution in [-0.4, -0.2) is 34.9 Å². The number of ketones is 1. The Morgan fingerprint density at radius 3 is 2.71 bits per heavy atom. The third kappa shape index (κ3) is 3.18. The lowest BCUT2D eigenvalue weighted by molar-refractivity contribution is -0.385. The Balaban J connectivity index is 2.32. The summed E-state index contributed by atoms with van der Waals surface area (Å²) in [7, 11) is 0. The lowest BCUT2D eigenvalue weighted by Crippen LogP contribution is -2.38. The van der Waals surface area contributed by atoms with Gasteiger partial charge in [0, 0.05) is 24.8 Å². The molecule has 0 saturated carbocycles. The molecule has 1 N–H and O–H groups in total. The van der Waals surface area contributed by atoms with Crippen LogP contribution in [0.25, 0.3) is 0 Å². The van der Waals surface area contributed by atoms with Gasteiger partial charge in [0.2, 0.25) is 0 Å². The number of hydrogen-bond acceptors (Lipinski definition) is 5. The number of nitro benzene ring substituents is 1. The van der Waals surface area contributed by atoms with E-state index in [0.29, 0.717) is 25.2 Å². The van der Waals surface area contributed by atoms with Gasteiger partial charge in [-0.25, -0.2) is 0 Å². The molecule has 1 aliphatic heterocycles. The van der Waals surface area contributed by atoms with Crippen molar-refractivity contribution in [1.29, 1.82) is 0 Å². The predicted octanol–water partition coefficient (Wildman–Crippen LogP) is 2.10. The van der Waals surface area contributed by atoms with Crippen molar-refractivity contribution < 1.29 is 19.6 Å². The van der Waals surface area contributed by atoms with Gasteiger partial charge in [-0.1, -0.05) is 0 Å². The maximum Gasteiger partial charge on any atom is 0.308 e. The fraction of sp³-hybridized carbons (Fsp3) is 0.429. The van der Waals surface area contributed by atoms with E-state index in [1.807, 2.05) is 4.90 Å². The molecule has 1 unspecified atom stereocenters. The summed E-state index contributed by atoms with van der Waals surface area (Å²) in [5.74, 6) is -1.67. The topological polar surface area (TPSA) is 101 Å². The summed E-state index contributed by atoms with van der Waals surface area (Å²) in [5, 5.41) is 20.0. The van der Waals surface area contributed by atoms with E-state index >= 15 is 0 Å². The van der Waals surface area contributed by atoms with Crippen molar-refractivity contribution in [3.05, 3.63) is 33.9 Å². The monoisotopic (exact) mass is 292 g/mol. The molecule has 7 heteroatoms. The molecule has 7 nitrogen and oxygen atoms in total. The smallest absolute Gasteiger partial charge is 0.308 e. The number of rotatable bonds is 4. The summed E-state index contributed by atoms with van der Waals surface area (Å²) in [5.41, 5.74) is 0.477. The minimum absolute atomic E-state index is 0.0509. The van der Waals surface area contributed by atoms with Gasteiger partial charge in [0.25, 0.3) is 5.69 Å². The van der Waals surface area contributed by atoms with Gasteiger partial charge in [-0.05, 0) is 31.9 Å². The van der Waals surface area contributed by atoms with Crippen LogP contribution in [0.5, 0.6) is 0 Å². The first kappa shape index (κ1) is 15.0. The van der Waals surface area contributed by atoms with E-state index < -0.39 is 16.8 Å². The highest BCUT2D eigenvalue weighted by molar-refractivity contribution is 5.99. The zero-order valence-electron chi connectivity index (χ0n) is 11.6. The summed E-state index contributed by atoms with van der Waals surface area (Å²) >= 11 is 0. The van der Waals surface area contributed by atoms with Crippen LogP contribution < -0.4 is 4.90 Å². The molecule has 1 atom stereocenters. The normalized spacial score (nSPS) is 18.3. The summed E-state index contributed by atoms with van der Waals surface area (Å²) in [6, 6.07) is 4.34. The number of benzene rings is 1. The van der Waals surface area contributed by atoms with E-state index in [1.165, 1.54) is 19.1 Å². The molecule has 0 aromatic heterocycles. The van der Waals surface area contributed by atoms with Gasteiger partial charge >= 0.3 is 5.97 Å².